The fraction of sp³-hybridized carbons (Fsp3) is 0.100. The van der Waals surface area contributed by atoms with E-state index in [4.69, 9.17) is 0 Å². The average molecular weight is 376 g/mol. The molecule has 0 atom stereocenters. The van der Waals surface area contributed by atoms with Crippen molar-refractivity contribution in [2.75, 3.05) is 5.75 Å². The third-order valence-electron chi connectivity index (χ3n) is 4.11. The summed E-state index contributed by atoms with van der Waals surface area (Å²) in [6, 6.07) is 14.4. The van der Waals surface area contributed by atoms with E-state index in [9.17, 15) is 9.59 Å². The van der Waals surface area contributed by atoms with Crippen LogP contribution in [0.2, 0.25) is 0 Å². The summed E-state index contributed by atoms with van der Waals surface area (Å²) in [5.74, 6) is 0.598. The zero-order valence-corrected chi connectivity index (χ0v) is 15.4. The molecule has 1 aromatic carbocycles. The lowest BCUT2D eigenvalue weighted by Crippen LogP contribution is -2.23. The second kappa shape index (κ2) is 7.20. The van der Waals surface area contributed by atoms with E-state index in [1.807, 2.05) is 25.1 Å². The van der Waals surface area contributed by atoms with Gasteiger partial charge >= 0.3 is 0 Å². The Morgan fingerprint density at radius 1 is 1.19 bits per heavy atom. The maximum absolute atomic E-state index is 13.1. The van der Waals surface area contributed by atoms with Gasteiger partial charge in [0.05, 0.1) is 22.3 Å². The van der Waals surface area contributed by atoms with Gasteiger partial charge in [-0.2, -0.15) is 0 Å². The Morgan fingerprint density at radius 2 is 2.04 bits per heavy atom. The molecule has 4 aromatic rings. The highest BCUT2D eigenvalue weighted by Gasteiger charge is 2.16. The van der Waals surface area contributed by atoms with Crippen molar-refractivity contribution in [1.82, 2.24) is 19.5 Å². The molecule has 0 fully saturated rings. The third-order valence-corrected chi connectivity index (χ3v) is 5.04. The number of nitrogens with zero attached hydrogens (tertiary/aromatic N) is 3. The van der Waals surface area contributed by atoms with Crippen molar-refractivity contribution in [3.63, 3.8) is 0 Å². The number of thioether (sulfide) groups is 1. The van der Waals surface area contributed by atoms with Gasteiger partial charge in [0, 0.05) is 12.4 Å². The molecule has 27 heavy (non-hydrogen) atoms. The number of aryl methyl sites for hydroxylation is 1. The minimum absolute atomic E-state index is 0.0591. The van der Waals surface area contributed by atoms with E-state index in [0.29, 0.717) is 27.6 Å². The van der Waals surface area contributed by atoms with E-state index in [0.717, 1.165) is 5.56 Å². The van der Waals surface area contributed by atoms with Gasteiger partial charge in [0.1, 0.15) is 5.82 Å². The Balaban J connectivity index is 1.81. The van der Waals surface area contributed by atoms with Gasteiger partial charge in [0.25, 0.3) is 5.56 Å². The average Bonchev–Trinajstić information content (AvgIpc) is 3.21. The van der Waals surface area contributed by atoms with Crippen LogP contribution < -0.4 is 5.56 Å². The van der Waals surface area contributed by atoms with Gasteiger partial charge in [0.15, 0.2) is 10.9 Å². The van der Waals surface area contributed by atoms with Gasteiger partial charge in [-0.25, -0.2) is 14.5 Å². The normalized spacial score (nSPS) is 11.0. The summed E-state index contributed by atoms with van der Waals surface area (Å²) in [4.78, 5) is 37.3. The first-order valence-corrected chi connectivity index (χ1v) is 9.36. The van der Waals surface area contributed by atoms with Crippen molar-refractivity contribution in [2.24, 2.45) is 0 Å². The highest BCUT2D eigenvalue weighted by Crippen LogP contribution is 2.21. The number of fused-ring (bicyclic) bond motifs is 1. The van der Waals surface area contributed by atoms with Crippen LogP contribution in [0.15, 0.2) is 70.9 Å². The molecule has 0 amide bonds. The zero-order valence-electron chi connectivity index (χ0n) is 14.5. The number of para-hydroxylation sites is 1. The minimum atomic E-state index is -0.200. The van der Waals surface area contributed by atoms with Crippen LogP contribution in [0, 0.1) is 6.92 Å². The number of aromatic nitrogens is 4. The molecule has 6 nitrogen and oxygen atoms in total. The monoisotopic (exact) mass is 376 g/mol. The quantitative estimate of drug-likeness (QED) is 0.328. The Labute approximate surface area is 159 Å². The molecule has 7 heteroatoms. The van der Waals surface area contributed by atoms with Crippen LogP contribution in [0.5, 0.6) is 0 Å². The van der Waals surface area contributed by atoms with Crippen LogP contribution >= 0.6 is 11.8 Å². The Bertz CT molecular complexity index is 1180. The lowest BCUT2D eigenvalue weighted by Gasteiger charge is -2.12. The van der Waals surface area contributed by atoms with Gasteiger partial charge in [-0.05, 0) is 48.9 Å². The van der Waals surface area contributed by atoms with E-state index in [1.165, 1.54) is 16.3 Å². The van der Waals surface area contributed by atoms with Crippen molar-refractivity contribution >= 4 is 28.4 Å². The maximum atomic E-state index is 13.1. The summed E-state index contributed by atoms with van der Waals surface area (Å²) >= 11 is 1.23. The van der Waals surface area contributed by atoms with Crippen LogP contribution in [-0.2, 0) is 0 Å². The first-order chi connectivity index (χ1) is 13.1. The van der Waals surface area contributed by atoms with Gasteiger partial charge in [0.2, 0.25) is 0 Å². The number of rotatable bonds is 5. The van der Waals surface area contributed by atoms with E-state index >= 15 is 0 Å². The molecule has 0 radical (unpaired) electrons. The lowest BCUT2D eigenvalue weighted by molar-refractivity contribution is 0.101. The van der Waals surface area contributed by atoms with E-state index in [2.05, 4.69) is 15.0 Å². The lowest BCUT2D eigenvalue weighted by atomic mass is 10.2. The number of H-pyrrole nitrogens is 1. The van der Waals surface area contributed by atoms with E-state index in [-0.39, 0.29) is 17.1 Å². The van der Waals surface area contributed by atoms with Gasteiger partial charge < -0.3 is 4.98 Å². The van der Waals surface area contributed by atoms with Crippen LogP contribution in [0.3, 0.4) is 0 Å². The molecule has 3 heterocycles. The van der Waals surface area contributed by atoms with Crippen molar-refractivity contribution in [3.05, 3.63) is 82.5 Å². The SMILES string of the molecule is Cc1ccnc(-n2c(SCC(=O)c3ccc[nH]3)nc3ccccc3c2=O)c1. The standard InChI is InChI=1S/C20H16N4O2S/c1-13-8-10-22-18(11-13)24-19(26)14-5-2-3-6-15(14)23-20(24)27-12-17(25)16-7-4-9-21-16/h2-11,21H,12H2,1H3. The van der Waals surface area contributed by atoms with Crippen molar-refractivity contribution < 1.29 is 4.79 Å². The molecule has 0 bridgehead atoms. The summed E-state index contributed by atoms with van der Waals surface area (Å²) < 4.78 is 1.47. The zero-order chi connectivity index (χ0) is 18.8. The van der Waals surface area contributed by atoms with Crippen LogP contribution in [0.25, 0.3) is 16.7 Å². The largest absolute Gasteiger partial charge is 0.359 e. The summed E-state index contributed by atoms with van der Waals surface area (Å²) in [7, 11) is 0. The van der Waals surface area contributed by atoms with Crippen LogP contribution in [0.1, 0.15) is 16.1 Å². The molecule has 0 saturated carbocycles. The number of hydrogen-bond donors (Lipinski definition) is 1. The van der Waals surface area contributed by atoms with Crippen LogP contribution in [0.4, 0.5) is 0 Å². The number of carbonyl (C=O) groups excluding carboxylic acids is 1. The Hall–Kier alpha value is -3.19. The predicted octanol–water partition coefficient (Wildman–Crippen LogP) is 3.39. The fourth-order valence-electron chi connectivity index (χ4n) is 2.77. The first-order valence-electron chi connectivity index (χ1n) is 8.38. The highest BCUT2D eigenvalue weighted by molar-refractivity contribution is 7.99. The molecule has 134 valence electrons. The molecular formula is C20H16N4O2S. The van der Waals surface area contributed by atoms with Gasteiger partial charge in [-0.15, -0.1) is 0 Å². The molecule has 0 spiro atoms. The topological polar surface area (TPSA) is 80.6 Å². The molecule has 0 aliphatic heterocycles. The summed E-state index contributed by atoms with van der Waals surface area (Å²) in [5, 5.41) is 0.956. The second-order valence-corrected chi connectivity index (χ2v) is 6.98. The smallest absolute Gasteiger partial charge is 0.267 e. The van der Waals surface area contributed by atoms with E-state index in [1.54, 1.807) is 42.7 Å². The fourth-order valence-corrected chi connectivity index (χ4v) is 3.65. The van der Waals surface area contributed by atoms with Crippen molar-refractivity contribution in [2.45, 2.75) is 12.1 Å². The number of hydrogen-bond acceptors (Lipinski definition) is 5. The highest BCUT2D eigenvalue weighted by atomic mass is 32.2. The predicted molar refractivity (Wildman–Crippen MR) is 106 cm³/mol. The molecule has 4 rings (SSSR count). The third kappa shape index (κ3) is 3.41. The number of ketones is 1. The first kappa shape index (κ1) is 17.2. The molecule has 0 aliphatic rings. The van der Waals surface area contributed by atoms with Crippen molar-refractivity contribution in [3.8, 4) is 5.82 Å². The number of benzene rings is 1. The van der Waals surface area contributed by atoms with Crippen molar-refractivity contribution in [1.29, 1.82) is 0 Å². The number of Topliss-reactive ketones (excluding diaryl/α,β-unsaturated/α-hetero) is 1. The van der Waals surface area contributed by atoms with Gasteiger partial charge in [-0.3, -0.25) is 9.59 Å². The number of nitrogens with one attached hydrogen (secondary N) is 1. The second-order valence-electron chi connectivity index (χ2n) is 6.04. The molecule has 0 saturated heterocycles. The summed E-state index contributed by atoms with van der Waals surface area (Å²) in [6.07, 6.45) is 3.36. The van der Waals surface area contributed by atoms with Gasteiger partial charge in [-0.1, -0.05) is 23.9 Å². The molecule has 0 aliphatic carbocycles. The Morgan fingerprint density at radius 3 is 2.81 bits per heavy atom. The number of pyridine rings is 1. The maximum Gasteiger partial charge on any atom is 0.267 e. The Kier molecular flexibility index (Phi) is 4.60. The summed E-state index contributed by atoms with van der Waals surface area (Å²) in [5.41, 5.74) is 1.92. The molecule has 0 unspecified atom stereocenters. The van der Waals surface area contributed by atoms with Crippen LogP contribution in [-0.4, -0.2) is 31.1 Å². The minimum Gasteiger partial charge on any atom is -0.359 e. The molecule has 1 N–H and O–H groups in total. The molecular weight excluding hydrogens is 360 g/mol. The summed E-state index contributed by atoms with van der Waals surface area (Å²) in [6.45, 7) is 1.94. The number of carbonyl (C=O) groups is 1. The number of aromatic amines is 1. The molecule has 3 aromatic heterocycles. The van der Waals surface area contributed by atoms with E-state index < -0.39 is 0 Å².